The van der Waals surface area contributed by atoms with Crippen molar-refractivity contribution in [3.05, 3.63) is 40.9 Å². The van der Waals surface area contributed by atoms with Crippen molar-refractivity contribution in [3.63, 3.8) is 0 Å². The molecule has 2 N–H and O–H groups in total. The van der Waals surface area contributed by atoms with Crippen LogP contribution in [0.5, 0.6) is 5.75 Å². The van der Waals surface area contributed by atoms with Crippen LogP contribution in [0.2, 0.25) is 5.02 Å². The summed E-state index contributed by atoms with van der Waals surface area (Å²) in [5.74, 6) is 0.144. The van der Waals surface area contributed by atoms with Gasteiger partial charge < -0.3 is 14.6 Å². The predicted octanol–water partition coefficient (Wildman–Crippen LogP) is 5.02. The number of piperidine rings is 1. The summed E-state index contributed by atoms with van der Waals surface area (Å²) in [4.78, 5) is 0. The van der Waals surface area contributed by atoms with E-state index in [9.17, 15) is 17.7 Å². The van der Waals surface area contributed by atoms with Gasteiger partial charge in [-0.1, -0.05) is 24.3 Å². The summed E-state index contributed by atoms with van der Waals surface area (Å²) in [5, 5.41) is 2.87. The van der Waals surface area contributed by atoms with Gasteiger partial charge in [-0.05, 0) is 64.8 Å². The van der Waals surface area contributed by atoms with Crippen LogP contribution in [0.3, 0.4) is 0 Å². The van der Waals surface area contributed by atoms with E-state index in [-0.39, 0.29) is 18.3 Å². The first kappa shape index (κ1) is 24.3. The Hall–Kier alpha value is -0.930. The average Bonchev–Trinajstić information content (AvgIpc) is 2.63. The van der Waals surface area contributed by atoms with Gasteiger partial charge in [-0.25, -0.2) is 0 Å². The van der Waals surface area contributed by atoms with Crippen molar-refractivity contribution in [1.29, 1.82) is 0 Å². The fourth-order valence-corrected chi connectivity index (χ4v) is 4.37. The molecule has 1 fully saturated rings. The van der Waals surface area contributed by atoms with Gasteiger partial charge in [0.15, 0.2) is 0 Å². The molecule has 1 aromatic carbocycles. The van der Waals surface area contributed by atoms with Crippen LogP contribution in [-0.2, 0) is 17.5 Å². The summed E-state index contributed by atoms with van der Waals surface area (Å²) in [7, 11) is 0. The molecule has 164 valence electrons. The van der Waals surface area contributed by atoms with E-state index < -0.39 is 38.9 Å². The van der Waals surface area contributed by atoms with Crippen molar-refractivity contribution in [2.45, 2.75) is 50.6 Å². The average molecular weight is 453 g/mol. The number of hydrogen-bond acceptors (Lipinski definition) is 4. The van der Waals surface area contributed by atoms with Crippen LogP contribution in [0.25, 0.3) is 0 Å². The number of alkyl halides is 3. The lowest BCUT2D eigenvalue weighted by molar-refractivity contribution is -0.137. The third-order valence-electron chi connectivity index (χ3n) is 4.74. The third kappa shape index (κ3) is 6.52. The van der Waals surface area contributed by atoms with Crippen LogP contribution in [0, 0.1) is 5.92 Å². The van der Waals surface area contributed by atoms with Gasteiger partial charge in [0.05, 0.1) is 16.6 Å². The van der Waals surface area contributed by atoms with Crippen LogP contribution in [0.1, 0.15) is 50.8 Å². The lowest BCUT2D eigenvalue weighted by Gasteiger charge is -2.35. The predicted molar refractivity (Wildman–Crippen MR) is 112 cm³/mol. The molecular formula is C20H28ClF3N2O2S. The summed E-state index contributed by atoms with van der Waals surface area (Å²) in [6, 6.07) is 1.76. The first-order valence-electron chi connectivity index (χ1n) is 9.48. The molecule has 2 rings (SSSR count). The second kappa shape index (κ2) is 9.92. The van der Waals surface area contributed by atoms with Crippen molar-refractivity contribution in [2.24, 2.45) is 5.92 Å². The Kier molecular flexibility index (Phi) is 8.32. The van der Waals surface area contributed by atoms with Gasteiger partial charge in [0.25, 0.3) is 0 Å². The molecule has 1 unspecified atom stereocenters. The van der Waals surface area contributed by atoms with Gasteiger partial charge in [-0.3, -0.25) is 0 Å². The number of ether oxygens (including phenoxy) is 1. The zero-order valence-corrected chi connectivity index (χ0v) is 18.4. The zero-order chi connectivity index (χ0) is 21.8. The molecule has 9 heteroatoms. The van der Waals surface area contributed by atoms with E-state index in [0.29, 0.717) is 5.56 Å². The third-order valence-corrected chi connectivity index (χ3v) is 6.64. The number of benzene rings is 1. The van der Waals surface area contributed by atoms with Crippen LogP contribution >= 0.6 is 11.6 Å². The standard InChI is InChI=1S/C20H28ClF3N2O2S/c1-5-10-28-17-12-15(20(22,23)24)16(21)11-14(17)18(13-6-8-25-9-7-13)26-29(27)19(2,3)4/h5,11-13,18,25-26H,1,6-10H2,2-4H3/t18-,29?/m1/s1. The monoisotopic (exact) mass is 452 g/mol. The van der Waals surface area contributed by atoms with E-state index in [1.54, 1.807) is 0 Å². The topological polar surface area (TPSA) is 56.3 Å². The molecule has 0 aromatic heterocycles. The largest absolute Gasteiger partial charge is 0.598 e. The summed E-state index contributed by atoms with van der Waals surface area (Å²) in [6.07, 6.45) is -1.56. The molecule has 0 bridgehead atoms. The Morgan fingerprint density at radius 2 is 1.97 bits per heavy atom. The quantitative estimate of drug-likeness (QED) is 0.450. The van der Waals surface area contributed by atoms with Crippen LogP contribution in [0.4, 0.5) is 13.2 Å². The molecule has 0 spiro atoms. The minimum Gasteiger partial charge on any atom is -0.598 e. The molecular weight excluding hydrogens is 425 g/mol. The maximum atomic E-state index is 13.4. The van der Waals surface area contributed by atoms with E-state index >= 15 is 0 Å². The van der Waals surface area contributed by atoms with Crippen molar-refractivity contribution in [3.8, 4) is 5.75 Å². The second-order valence-corrected chi connectivity index (χ2v) is 10.4. The van der Waals surface area contributed by atoms with Gasteiger partial charge in [0, 0.05) is 16.9 Å². The Morgan fingerprint density at radius 3 is 2.48 bits per heavy atom. The minimum absolute atomic E-state index is 0.0488. The van der Waals surface area contributed by atoms with Gasteiger partial charge in [-0.15, -0.1) is 4.72 Å². The number of rotatable bonds is 7. The van der Waals surface area contributed by atoms with Crippen molar-refractivity contribution >= 4 is 23.0 Å². The molecule has 1 aliphatic rings. The highest BCUT2D eigenvalue weighted by atomic mass is 35.5. The van der Waals surface area contributed by atoms with Crippen molar-refractivity contribution in [1.82, 2.24) is 10.0 Å². The molecule has 1 saturated heterocycles. The second-order valence-electron chi connectivity index (χ2n) is 8.03. The van der Waals surface area contributed by atoms with Crippen LogP contribution in [-0.4, -0.2) is 29.0 Å². The molecule has 4 nitrogen and oxygen atoms in total. The summed E-state index contributed by atoms with van der Waals surface area (Å²) in [5.41, 5.74) is -0.475. The Bertz CT molecular complexity index is 704. The lowest BCUT2D eigenvalue weighted by atomic mass is 9.86. The van der Waals surface area contributed by atoms with Crippen molar-refractivity contribution < 1.29 is 22.5 Å². The van der Waals surface area contributed by atoms with Crippen LogP contribution in [0.15, 0.2) is 24.8 Å². The highest BCUT2D eigenvalue weighted by Crippen LogP contribution is 2.43. The SMILES string of the molecule is C=CCOc1cc(C(F)(F)F)c(Cl)cc1[C@H](N[S+]([O-])C(C)(C)C)C1CCNCC1. The minimum atomic E-state index is -4.60. The first-order chi connectivity index (χ1) is 13.4. The van der Waals surface area contributed by atoms with Gasteiger partial charge in [0.1, 0.15) is 17.1 Å². The summed E-state index contributed by atoms with van der Waals surface area (Å²) < 4.78 is 61.1. The fourth-order valence-electron chi connectivity index (χ4n) is 3.19. The number of nitrogens with one attached hydrogen (secondary N) is 2. The Labute approximate surface area is 178 Å². The molecule has 1 heterocycles. The Morgan fingerprint density at radius 1 is 1.34 bits per heavy atom. The van der Waals surface area contributed by atoms with E-state index in [2.05, 4.69) is 16.6 Å². The number of halogens is 4. The normalized spacial score (nSPS) is 18.3. The Balaban J connectivity index is 2.53. The van der Waals surface area contributed by atoms with Gasteiger partial charge in [-0.2, -0.15) is 13.2 Å². The molecule has 0 amide bonds. The van der Waals surface area contributed by atoms with E-state index in [1.165, 1.54) is 12.1 Å². The molecule has 0 aliphatic carbocycles. The highest BCUT2D eigenvalue weighted by Gasteiger charge is 2.39. The molecule has 1 aliphatic heterocycles. The molecule has 0 radical (unpaired) electrons. The van der Waals surface area contributed by atoms with E-state index in [1.807, 2.05) is 20.8 Å². The lowest BCUT2D eigenvalue weighted by Crippen LogP contribution is -2.45. The van der Waals surface area contributed by atoms with Gasteiger partial charge in [0.2, 0.25) is 0 Å². The van der Waals surface area contributed by atoms with Gasteiger partial charge >= 0.3 is 6.18 Å². The van der Waals surface area contributed by atoms with Crippen molar-refractivity contribution in [2.75, 3.05) is 19.7 Å². The maximum absolute atomic E-state index is 13.4. The first-order valence-corrected chi connectivity index (χ1v) is 11.0. The molecule has 1 aromatic rings. The van der Waals surface area contributed by atoms with E-state index in [0.717, 1.165) is 32.0 Å². The van der Waals surface area contributed by atoms with E-state index in [4.69, 9.17) is 16.3 Å². The number of hydrogen-bond donors (Lipinski definition) is 2. The summed E-state index contributed by atoms with van der Waals surface area (Å²) >= 11 is 4.59. The highest BCUT2D eigenvalue weighted by molar-refractivity contribution is 7.90. The summed E-state index contributed by atoms with van der Waals surface area (Å²) in [6.45, 7) is 10.7. The smallest absolute Gasteiger partial charge is 0.417 e. The maximum Gasteiger partial charge on any atom is 0.417 e. The molecule has 2 atom stereocenters. The van der Waals surface area contributed by atoms with Crippen LogP contribution < -0.4 is 14.8 Å². The fraction of sp³-hybridized carbons (Fsp3) is 0.600. The zero-order valence-electron chi connectivity index (χ0n) is 16.9. The molecule has 29 heavy (non-hydrogen) atoms. The molecule has 0 saturated carbocycles.